The van der Waals surface area contributed by atoms with Crippen LogP contribution in [0, 0.1) is 19.8 Å². The van der Waals surface area contributed by atoms with Gasteiger partial charge in [0.2, 0.25) is 15.9 Å². The number of piperidine rings is 1. The molecule has 0 N–H and O–H groups in total. The first-order valence-electron chi connectivity index (χ1n) is 9.58. The van der Waals surface area contributed by atoms with E-state index >= 15 is 0 Å². The zero-order chi connectivity index (χ0) is 21.3. The van der Waals surface area contributed by atoms with Crippen LogP contribution in [-0.2, 0) is 14.8 Å². The van der Waals surface area contributed by atoms with Crippen LogP contribution in [0.4, 0.5) is 0 Å². The first kappa shape index (κ1) is 21.8. The molecule has 1 atom stereocenters. The molecule has 1 aromatic carbocycles. The van der Waals surface area contributed by atoms with Crippen molar-refractivity contribution in [3.8, 4) is 0 Å². The van der Waals surface area contributed by atoms with Crippen LogP contribution in [0.2, 0.25) is 5.02 Å². The molecule has 1 aliphatic rings. The van der Waals surface area contributed by atoms with Crippen molar-refractivity contribution in [3.63, 3.8) is 0 Å². The number of hydrogen-bond acceptors (Lipinski definition) is 5. The van der Waals surface area contributed by atoms with Crippen LogP contribution in [-0.4, -0.2) is 48.8 Å². The van der Waals surface area contributed by atoms with Crippen molar-refractivity contribution in [3.05, 3.63) is 46.3 Å². The summed E-state index contributed by atoms with van der Waals surface area (Å²) in [6, 6.07) is 7.35. The predicted octanol–water partition coefficient (Wildman–Crippen LogP) is 3.57. The van der Waals surface area contributed by atoms with Crippen LogP contribution < -0.4 is 0 Å². The summed E-state index contributed by atoms with van der Waals surface area (Å²) >= 11 is 6.07. The molecule has 1 aliphatic heterocycles. The van der Waals surface area contributed by atoms with Gasteiger partial charge in [-0.25, -0.2) is 8.42 Å². The largest absolute Gasteiger partial charge is 0.360 e. The van der Waals surface area contributed by atoms with E-state index in [9.17, 15) is 13.2 Å². The van der Waals surface area contributed by atoms with Gasteiger partial charge in [-0.1, -0.05) is 28.9 Å². The molecule has 0 bridgehead atoms. The zero-order valence-electron chi connectivity index (χ0n) is 17.1. The van der Waals surface area contributed by atoms with Crippen molar-refractivity contribution in [1.82, 2.24) is 14.4 Å². The molecule has 3 rings (SSSR count). The number of nitrogens with zero attached hydrogens (tertiary/aromatic N) is 3. The number of sulfonamides is 1. The van der Waals surface area contributed by atoms with E-state index < -0.39 is 10.0 Å². The highest BCUT2D eigenvalue weighted by molar-refractivity contribution is 7.89. The lowest BCUT2D eigenvalue weighted by Gasteiger charge is -2.34. The standard InChI is InChI=1S/C20H26ClN3O4S/c1-13-19(15(3)28-22-13)29(26,27)24-10-8-16(9-11-24)20(25)23(4)14(2)17-6-5-7-18(21)12-17/h5-7,12,14,16H,8-11H2,1-4H3. The predicted molar refractivity (Wildman–Crippen MR) is 110 cm³/mol. The molecule has 158 valence electrons. The van der Waals surface area contributed by atoms with Gasteiger partial charge in [0, 0.05) is 31.1 Å². The Hall–Kier alpha value is -1.90. The highest BCUT2D eigenvalue weighted by atomic mass is 35.5. The first-order chi connectivity index (χ1) is 13.6. The first-order valence-corrected chi connectivity index (χ1v) is 11.4. The van der Waals surface area contributed by atoms with Crippen LogP contribution in [0.1, 0.15) is 42.8 Å². The number of benzene rings is 1. The summed E-state index contributed by atoms with van der Waals surface area (Å²) in [5, 5.41) is 4.38. The van der Waals surface area contributed by atoms with E-state index in [-0.39, 0.29) is 28.5 Å². The van der Waals surface area contributed by atoms with Crippen LogP contribution in [0.5, 0.6) is 0 Å². The molecule has 0 saturated carbocycles. The van der Waals surface area contributed by atoms with Crippen LogP contribution in [0.15, 0.2) is 33.7 Å². The van der Waals surface area contributed by atoms with E-state index in [1.165, 1.54) is 4.31 Å². The van der Waals surface area contributed by atoms with E-state index in [1.54, 1.807) is 31.9 Å². The van der Waals surface area contributed by atoms with Crippen LogP contribution >= 0.6 is 11.6 Å². The molecule has 7 nitrogen and oxygen atoms in total. The lowest BCUT2D eigenvalue weighted by molar-refractivity contribution is -0.137. The van der Waals surface area contributed by atoms with Gasteiger partial charge >= 0.3 is 0 Å². The van der Waals surface area contributed by atoms with E-state index in [0.29, 0.717) is 36.6 Å². The lowest BCUT2D eigenvalue weighted by Crippen LogP contribution is -2.44. The minimum absolute atomic E-state index is 0.0202. The monoisotopic (exact) mass is 439 g/mol. The Balaban J connectivity index is 1.66. The molecule has 1 fully saturated rings. The van der Waals surface area contributed by atoms with Crippen LogP contribution in [0.25, 0.3) is 0 Å². The topological polar surface area (TPSA) is 83.7 Å². The van der Waals surface area contributed by atoms with E-state index in [4.69, 9.17) is 16.1 Å². The number of carbonyl (C=O) groups excluding carboxylic acids is 1. The molecule has 2 aromatic rings. The molecule has 0 spiro atoms. The number of halogens is 1. The van der Waals surface area contributed by atoms with Gasteiger partial charge in [0.1, 0.15) is 10.6 Å². The Labute approximate surface area is 176 Å². The second-order valence-electron chi connectivity index (χ2n) is 7.51. The Kier molecular flexibility index (Phi) is 6.36. The van der Waals surface area contributed by atoms with Crippen molar-refractivity contribution in [1.29, 1.82) is 0 Å². The quantitative estimate of drug-likeness (QED) is 0.711. The Morgan fingerprint density at radius 3 is 2.52 bits per heavy atom. The summed E-state index contributed by atoms with van der Waals surface area (Å²) in [6.45, 7) is 5.76. The van der Waals surface area contributed by atoms with Gasteiger partial charge in [0.25, 0.3) is 0 Å². The van der Waals surface area contributed by atoms with Gasteiger partial charge in [-0.3, -0.25) is 4.79 Å². The number of amides is 1. The summed E-state index contributed by atoms with van der Waals surface area (Å²) in [5.41, 5.74) is 1.32. The molecule has 1 saturated heterocycles. The second-order valence-corrected chi connectivity index (χ2v) is 9.82. The highest BCUT2D eigenvalue weighted by Gasteiger charge is 2.36. The number of aromatic nitrogens is 1. The summed E-state index contributed by atoms with van der Waals surface area (Å²) < 4.78 is 32.3. The molecule has 9 heteroatoms. The molecular formula is C20H26ClN3O4S. The molecule has 29 heavy (non-hydrogen) atoms. The van der Waals surface area contributed by atoms with Gasteiger partial charge < -0.3 is 9.42 Å². The maximum atomic E-state index is 13.0. The molecule has 0 aliphatic carbocycles. The normalized spacial score (nSPS) is 17.3. The molecule has 1 amide bonds. The van der Waals surface area contributed by atoms with Gasteiger partial charge in [-0.2, -0.15) is 4.31 Å². The Morgan fingerprint density at radius 2 is 1.97 bits per heavy atom. The average molecular weight is 440 g/mol. The van der Waals surface area contributed by atoms with E-state index in [2.05, 4.69) is 5.16 Å². The zero-order valence-corrected chi connectivity index (χ0v) is 18.6. The van der Waals surface area contributed by atoms with Gasteiger partial charge in [0.15, 0.2) is 5.76 Å². The van der Waals surface area contributed by atoms with Crippen molar-refractivity contribution in [2.45, 2.75) is 44.6 Å². The average Bonchev–Trinajstić information content (AvgIpc) is 3.05. The third-order valence-electron chi connectivity index (χ3n) is 5.63. The van der Waals surface area contributed by atoms with Crippen molar-refractivity contribution >= 4 is 27.5 Å². The van der Waals surface area contributed by atoms with Gasteiger partial charge in [-0.15, -0.1) is 0 Å². The molecule has 1 aromatic heterocycles. The SMILES string of the molecule is Cc1noc(C)c1S(=O)(=O)N1CCC(C(=O)N(C)C(C)c2cccc(Cl)c2)CC1. The molecule has 0 radical (unpaired) electrons. The number of hydrogen-bond donors (Lipinski definition) is 0. The lowest BCUT2D eigenvalue weighted by atomic mass is 9.95. The Morgan fingerprint density at radius 1 is 1.31 bits per heavy atom. The summed E-state index contributed by atoms with van der Waals surface area (Å²) in [5.74, 6) is 0.0976. The highest BCUT2D eigenvalue weighted by Crippen LogP contribution is 2.30. The number of aryl methyl sites for hydroxylation is 2. The maximum absolute atomic E-state index is 13.0. The van der Waals surface area contributed by atoms with Gasteiger partial charge in [0.05, 0.1) is 6.04 Å². The molecule has 2 heterocycles. The fraction of sp³-hybridized carbons (Fsp3) is 0.500. The van der Waals surface area contributed by atoms with Crippen molar-refractivity contribution < 1.29 is 17.7 Å². The summed E-state index contributed by atoms with van der Waals surface area (Å²) in [4.78, 5) is 14.8. The van der Waals surface area contributed by atoms with Crippen molar-refractivity contribution in [2.75, 3.05) is 20.1 Å². The molecular weight excluding hydrogens is 414 g/mol. The fourth-order valence-electron chi connectivity index (χ4n) is 3.78. The fourth-order valence-corrected chi connectivity index (χ4v) is 5.74. The number of rotatable bonds is 5. The van der Waals surface area contributed by atoms with Crippen LogP contribution in [0.3, 0.4) is 0 Å². The summed E-state index contributed by atoms with van der Waals surface area (Å²) in [6.07, 6.45) is 0.960. The number of carbonyl (C=O) groups is 1. The minimum atomic E-state index is -3.68. The minimum Gasteiger partial charge on any atom is -0.360 e. The van der Waals surface area contributed by atoms with E-state index in [0.717, 1.165) is 5.56 Å². The summed E-state index contributed by atoms with van der Waals surface area (Å²) in [7, 11) is -1.90. The van der Waals surface area contributed by atoms with E-state index in [1.807, 2.05) is 25.1 Å². The Bertz CT molecular complexity index is 977. The van der Waals surface area contributed by atoms with Gasteiger partial charge in [-0.05, 0) is 51.3 Å². The second kappa shape index (κ2) is 8.45. The molecule has 1 unspecified atom stereocenters. The smallest absolute Gasteiger partial charge is 0.248 e. The maximum Gasteiger partial charge on any atom is 0.248 e. The third-order valence-corrected chi connectivity index (χ3v) is 8.01. The van der Waals surface area contributed by atoms with Crippen molar-refractivity contribution in [2.24, 2.45) is 5.92 Å². The third kappa shape index (κ3) is 4.34.